The van der Waals surface area contributed by atoms with E-state index < -0.39 is 39.1 Å². The molecule has 1 saturated heterocycles. The van der Waals surface area contributed by atoms with Crippen molar-refractivity contribution in [3.05, 3.63) is 39.9 Å². The predicted molar refractivity (Wildman–Crippen MR) is 88.7 cm³/mol. The number of carbonyl (C=O) groups is 3. The van der Waals surface area contributed by atoms with Crippen molar-refractivity contribution in [2.45, 2.75) is 39.2 Å². The molecule has 2 aliphatic rings. The van der Waals surface area contributed by atoms with Gasteiger partial charge in [0, 0.05) is 23.1 Å². The van der Waals surface area contributed by atoms with E-state index in [1.165, 1.54) is 18.2 Å². The largest absolute Gasteiger partial charge is 0.448 e. The second-order valence-corrected chi connectivity index (χ2v) is 7.39. The average molecular weight is 361 g/mol. The Morgan fingerprint density at radius 2 is 1.88 bits per heavy atom. The Bertz CT molecular complexity index is 836. The highest BCUT2D eigenvalue weighted by molar-refractivity contribution is 5.99. The van der Waals surface area contributed by atoms with Crippen molar-refractivity contribution in [1.82, 2.24) is 10.9 Å². The molecule has 1 aromatic carbocycles. The van der Waals surface area contributed by atoms with E-state index in [0.29, 0.717) is 12.8 Å². The zero-order chi connectivity index (χ0) is 19.3. The monoisotopic (exact) mass is 361 g/mol. The quantitative estimate of drug-likeness (QED) is 0.477. The van der Waals surface area contributed by atoms with E-state index in [0.717, 1.165) is 6.07 Å². The van der Waals surface area contributed by atoms with Crippen LogP contribution in [0.4, 0.5) is 5.69 Å². The maximum atomic E-state index is 12.7. The Hall–Kier alpha value is -2.97. The van der Waals surface area contributed by atoms with E-state index >= 15 is 0 Å². The third-order valence-electron chi connectivity index (χ3n) is 6.06. The van der Waals surface area contributed by atoms with Crippen molar-refractivity contribution in [2.75, 3.05) is 0 Å². The Morgan fingerprint density at radius 3 is 2.42 bits per heavy atom. The number of nitro groups is 1. The Morgan fingerprint density at radius 1 is 1.19 bits per heavy atom. The van der Waals surface area contributed by atoms with Gasteiger partial charge in [-0.25, -0.2) is 0 Å². The lowest BCUT2D eigenvalue weighted by Gasteiger charge is -2.35. The van der Waals surface area contributed by atoms with Crippen molar-refractivity contribution >= 4 is 23.5 Å². The SMILES string of the molecule is CC12CCC(C(=O)NNC(=O)c3cccc([N+](=O)[O-])c3)(OC1=O)C2(C)C. The van der Waals surface area contributed by atoms with Gasteiger partial charge < -0.3 is 4.74 Å². The first-order chi connectivity index (χ1) is 12.0. The van der Waals surface area contributed by atoms with Gasteiger partial charge in [-0.05, 0) is 25.8 Å². The molecule has 3 rings (SSSR count). The Labute approximate surface area is 149 Å². The molecule has 0 radical (unpaired) electrons. The van der Waals surface area contributed by atoms with E-state index in [1.807, 2.05) is 0 Å². The number of rotatable bonds is 3. The van der Waals surface area contributed by atoms with Gasteiger partial charge in [0.15, 0.2) is 5.60 Å². The van der Waals surface area contributed by atoms with Gasteiger partial charge in [0.05, 0.1) is 10.3 Å². The van der Waals surface area contributed by atoms with Crippen LogP contribution in [0.3, 0.4) is 0 Å². The van der Waals surface area contributed by atoms with Gasteiger partial charge in [0.25, 0.3) is 17.5 Å². The molecule has 0 aromatic heterocycles. The third-order valence-corrected chi connectivity index (χ3v) is 6.06. The van der Waals surface area contributed by atoms with E-state index in [2.05, 4.69) is 10.9 Å². The van der Waals surface area contributed by atoms with E-state index in [-0.39, 0.29) is 11.3 Å². The number of amides is 2. The molecule has 2 unspecified atom stereocenters. The first kappa shape index (κ1) is 17.8. The molecule has 1 saturated carbocycles. The van der Waals surface area contributed by atoms with Crippen molar-refractivity contribution in [1.29, 1.82) is 0 Å². The lowest BCUT2D eigenvalue weighted by Crippen LogP contribution is -2.57. The van der Waals surface area contributed by atoms with Crippen LogP contribution in [0.5, 0.6) is 0 Å². The first-order valence-corrected chi connectivity index (χ1v) is 8.14. The van der Waals surface area contributed by atoms with E-state index in [4.69, 9.17) is 4.74 Å². The van der Waals surface area contributed by atoms with Crippen LogP contribution >= 0.6 is 0 Å². The Kier molecular flexibility index (Phi) is 3.78. The number of nitrogens with one attached hydrogen (secondary N) is 2. The lowest BCUT2D eigenvalue weighted by molar-refractivity contribution is -0.384. The molecule has 2 atom stereocenters. The summed E-state index contributed by atoms with van der Waals surface area (Å²) < 4.78 is 5.42. The number of esters is 1. The number of ether oxygens (including phenoxy) is 1. The molecule has 2 bridgehead atoms. The summed E-state index contributed by atoms with van der Waals surface area (Å²) >= 11 is 0. The number of carbonyl (C=O) groups excluding carboxylic acids is 3. The van der Waals surface area contributed by atoms with Gasteiger partial charge in [0.2, 0.25) is 0 Å². The summed E-state index contributed by atoms with van der Waals surface area (Å²) in [6.45, 7) is 5.37. The minimum Gasteiger partial charge on any atom is -0.448 e. The molecule has 9 nitrogen and oxygen atoms in total. The minimum atomic E-state index is -1.35. The summed E-state index contributed by atoms with van der Waals surface area (Å²) in [6, 6.07) is 5.12. The van der Waals surface area contributed by atoms with Crippen LogP contribution in [0, 0.1) is 20.9 Å². The number of nitrogens with zero attached hydrogens (tertiary/aromatic N) is 1. The molecular weight excluding hydrogens is 342 g/mol. The standard InChI is InChI=1S/C17H19N3O6/c1-15(2)16(3)7-8-17(15,26-14(16)23)13(22)19-18-12(21)10-5-4-6-11(9-10)20(24)25/h4-6,9H,7-8H2,1-3H3,(H,18,21)(H,19,22). The second-order valence-electron chi connectivity index (χ2n) is 7.39. The molecule has 1 aliphatic carbocycles. The molecule has 1 heterocycles. The fourth-order valence-electron chi connectivity index (χ4n) is 3.79. The first-order valence-electron chi connectivity index (χ1n) is 8.14. The summed E-state index contributed by atoms with van der Waals surface area (Å²) in [5, 5.41) is 10.8. The van der Waals surface area contributed by atoms with Crippen LogP contribution in [0.2, 0.25) is 0 Å². The van der Waals surface area contributed by atoms with Gasteiger partial charge in [-0.1, -0.05) is 19.9 Å². The summed E-state index contributed by atoms with van der Waals surface area (Å²) in [7, 11) is 0. The van der Waals surface area contributed by atoms with Crippen LogP contribution in [-0.2, 0) is 14.3 Å². The number of hydrogen-bond donors (Lipinski definition) is 2. The second kappa shape index (κ2) is 5.52. The zero-order valence-corrected chi connectivity index (χ0v) is 14.6. The summed E-state index contributed by atoms with van der Waals surface area (Å²) in [5.74, 6) is -1.74. The van der Waals surface area contributed by atoms with E-state index in [9.17, 15) is 24.5 Å². The molecule has 1 aliphatic heterocycles. The van der Waals surface area contributed by atoms with Crippen LogP contribution in [0.25, 0.3) is 0 Å². The predicted octanol–water partition coefficient (Wildman–Crippen LogP) is 1.48. The minimum absolute atomic E-state index is 0.0240. The van der Waals surface area contributed by atoms with Gasteiger partial charge in [-0.2, -0.15) is 0 Å². The zero-order valence-electron chi connectivity index (χ0n) is 14.6. The molecule has 1 aromatic rings. The lowest BCUT2D eigenvalue weighted by atomic mass is 9.66. The summed E-state index contributed by atoms with van der Waals surface area (Å²) in [4.78, 5) is 47.3. The summed E-state index contributed by atoms with van der Waals surface area (Å²) in [6.07, 6.45) is 0.881. The number of benzene rings is 1. The fourth-order valence-corrected chi connectivity index (χ4v) is 3.79. The van der Waals surface area contributed by atoms with Crippen molar-refractivity contribution in [2.24, 2.45) is 10.8 Å². The highest BCUT2D eigenvalue weighted by Crippen LogP contribution is 2.65. The number of hydrogen-bond acceptors (Lipinski definition) is 6. The van der Waals surface area contributed by atoms with Crippen molar-refractivity contribution in [3.8, 4) is 0 Å². The summed E-state index contributed by atoms with van der Waals surface area (Å²) in [5.41, 5.74) is 1.47. The number of hydrazine groups is 1. The molecule has 9 heteroatoms. The van der Waals surface area contributed by atoms with Crippen LogP contribution in [0.15, 0.2) is 24.3 Å². The fraction of sp³-hybridized carbons (Fsp3) is 0.471. The molecule has 2 amide bonds. The smallest absolute Gasteiger partial charge is 0.313 e. The van der Waals surface area contributed by atoms with Crippen molar-refractivity contribution in [3.63, 3.8) is 0 Å². The topological polar surface area (TPSA) is 128 Å². The highest BCUT2D eigenvalue weighted by atomic mass is 16.6. The van der Waals surface area contributed by atoms with Crippen LogP contribution in [-0.4, -0.2) is 28.3 Å². The molecule has 26 heavy (non-hydrogen) atoms. The maximum absolute atomic E-state index is 12.7. The van der Waals surface area contributed by atoms with Gasteiger partial charge in [-0.3, -0.25) is 35.3 Å². The molecule has 2 fully saturated rings. The van der Waals surface area contributed by atoms with Gasteiger partial charge in [-0.15, -0.1) is 0 Å². The molecule has 2 N–H and O–H groups in total. The van der Waals surface area contributed by atoms with Crippen LogP contribution in [0.1, 0.15) is 44.0 Å². The van der Waals surface area contributed by atoms with Gasteiger partial charge in [0.1, 0.15) is 0 Å². The van der Waals surface area contributed by atoms with E-state index in [1.54, 1.807) is 20.8 Å². The number of non-ortho nitro benzene ring substituents is 1. The maximum Gasteiger partial charge on any atom is 0.313 e. The van der Waals surface area contributed by atoms with Crippen LogP contribution < -0.4 is 10.9 Å². The average Bonchev–Trinajstić information content (AvgIpc) is 2.89. The van der Waals surface area contributed by atoms with Crippen molar-refractivity contribution < 1.29 is 24.0 Å². The highest BCUT2D eigenvalue weighted by Gasteiger charge is 2.75. The number of fused-ring (bicyclic) bond motifs is 2. The van der Waals surface area contributed by atoms with Gasteiger partial charge >= 0.3 is 5.97 Å². The normalized spacial score (nSPS) is 28.3. The third kappa shape index (κ3) is 2.19. The molecule has 138 valence electrons. The Balaban J connectivity index is 1.74. The number of nitro benzene ring substituents is 1. The molecule has 0 spiro atoms. The molecular formula is C17H19N3O6.